The van der Waals surface area contributed by atoms with Gasteiger partial charge in [0.1, 0.15) is 0 Å². The maximum atomic E-state index is 4.24. The summed E-state index contributed by atoms with van der Waals surface area (Å²) in [6.07, 6.45) is 2.08. The van der Waals surface area contributed by atoms with Crippen molar-refractivity contribution in [3.8, 4) is 0 Å². The van der Waals surface area contributed by atoms with E-state index in [-0.39, 0.29) is 0 Å². The number of benzene rings is 1. The summed E-state index contributed by atoms with van der Waals surface area (Å²) in [5.41, 5.74) is 3.41. The standard InChI is InChI=1S/C10H9NS2/c12-10-3-1-9(2-4-10)7-11-5-6-13-8-11/h1-6,8H,7H2/p+1. The number of nitrogens with zero attached hydrogens (tertiary/aromatic N) is 1. The fourth-order valence-electron chi connectivity index (χ4n) is 1.16. The van der Waals surface area contributed by atoms with Crippen molar-refractivity contribution in [1.82, 2.24) is 0 Å². The van der Waals surface area contributed by atoms with Crippen molar-refractivity contribution in [2.75, 3.05) is 0 Å². The first-order valence-corrected chi connectivity index (χ1v) is 5.43. The minimum absolute atomic E-state index is 0.942. The van der Waals surface area contributed by atoms with E-state index in [4.69, 9.17) is 0 Å². The minimum atomic E-state index is 0.942. The van der Waals surface area contributed by atoms with Crippen LogP contribution in [0.5, 0.6) is 0 Å². The lowest BCUT2D eigenvalue weighted by Gasteiger charge is -1.95. The molecule has 0 aliphatic rings. The third kappa shape index (κ3) is 2.32. The maximum absolute atomic E-state index is 4.24. The van der Waals surface area contributed by atoms with Gasteiger partial charge in [-0.05, 0) is 12.1 Å². The van der Waals surface area contributed by atoms with Crippen molar-refractivity contribution >= 4 is 24.0 Å². The Balaban J connectivity index is 2.15. The molecule has 1 aromatic heterocycles. The Bertz CT molecular complexity index is 364. The molecule has 0 saturated heterocycles. The van der Waals surface area contributed by atoms with E-state index in [2.05, 4.69) is 46.4 Å². The van der Waals surface area contributed by atoms with Gasteiger partial charge >= 0.3 is 0 Å². The average molecular weight is 208 g/mol. The number of thiol groups is 1. The van der Waals surface area contributed by atoms with Crippen LogP contribution in [0.15, 0.2) is 46.2 Å². The van der Waals surface area contributed by atoms with Crippen molar-refractivity contribution < 1.29 is 4.57 Å². The van der Waals surface area contributed by atoms with Crippen LogP contribution in [-0.2, 0) is 6.54 Å². The highest BCUT2D eigenvalue weighted by Crippen LogP contribution is 2.07. The van der Waals surface area contributed by atoms with E-state index in [0.717, 1.165) is 11.4 Å². The zero-order valence-electron chi connectivity index (χ0n) is 7.05. The molecule has 0 atom stereocenters. The van der Waals surface area contributed by atoms with E-state index >= 15 is 0 Å². The SMILES string of the molecule is Sc1ccc(C[n+]2ccsc2)cc1. The molecule has 3 heteroatoms. The number of thiazole rings is 1. The van der Waals surface area contributed by atoms with Crippen molar-refractivity contribution in [3.63, 3.8) is 0 Å². The van der Waals surface area contributed by atoms with Gasteiger partial charge in [0.05, 0.1) is 5.38 Å². The van der Waals surface area contributed by atoms with Crippen LogP contribution in [0.2, 0.25) is 0 Å². The van der Waals surface area contributed by atoms with Gasteiger partial charge in [-0.25, -0.2) is 0 Å². The van der Waals surface area contributed by atoms with Crippen molar-refractivity contribution in [2.45, 2.75) is 11.4 Å². The molecule has 1 heterocycles. The highest BCUT2D eigenvalue weighted by Gasteiger charge is 2.01. The largest absolute Gasteiger partial charge is 0.224 e. The molecule has 0 radical (unpaired) electrons. The Morgan fingerprint density at radius 1 is 1.23 bits per heavy atom. The second-order valence-corrected chi connectivity index (χ2v) is 4.14. The minimum Gasteiger partial charge on any atom is -0.191 e. The van der Waals surface area contributed by atoms with E-state index < -0.39 is 0 Å². The van der Waals surface area contributed by atoms with Crippen LogP contribution in [0.4, 0.5) is 0 Å². The van der Waals surface area contributed by atoms with Gasteiger partial charge in [0.15, 0.2) is 12.7 Å². The predicted octanol–water partition coefficient (Wildman–Crippen LogP) is 2.37. The molecule has 0 amide bonds. The molecule has 13 heavy (non-hydrogen) atoms. The van der Waals surface area contributed by atoms with Gasteiger partial charge in [0.2, 0.25) is 5.51 Å². The summed E-state index contributed by atoms with van der Waals surface area (Å²) in [4.78, 5) is 1.01. The number of hydrogen-bond acceptors (Lipinski definition) is 2. The highest BCUT2D eigenvalue weighted by atomic mass is 32.1. The van der Waals surface area contributed by atoms with E-state index in [1.807, 2.05) is 12.1 Å². The van der Waals surface area contributed by atoms with Gasteiger partial charge in [-0.3, -0.25) is 0 Å². The van der Waals surface area contributed by atoms with Crippen LogP contribution in [0.25, 0.3) is 0 Å². The molecule has 0 aliphatic carbocycles. The molecule has 0 N–H and O–H groups in total. The van der Waals surface area contributed by atoms with Crippen LogP contribution in [0.3, 0.4) is 0 Å². The first-order valence-electron chi connectivity index (χ1n) is 4.04. The summed E-state index contributed by atoms with van der Waals surface area (Å²) in [5.74, 6) is 0. The Labute approximate surface area is 87.1 Å². The van der Waals surface area contributed by atoms with Crippen LogP contribution in [-0.4, -0.2) is 0 Å². The van der Waals surface area contributed by atoms with Gasteiger partial charge in [0, 0.05) is 10.5 Å². The smallest absolute Gasteiger partial charge is 0.191 e. The predicted molar refractivity (Wildman–Crippen MR) is 57.3 cm³/mol. The number of aromatic nitrogens is 1. The van der Waals surface area contributed by atoms with Crippen LogP contribution in [0.1, 0.15) is 5.56 Å². The Morgan fingerprint density at radius 2 is 2.00 bits per heavy atom. The molecule has 0 saturated carbocycles. The summed E-state index contributed by atoms with van der Waals surface area (Å²) < 4.78 is 2.16. The fourth-order valence-corrected chi connectivity index (χ4v) is 1.91. The summed E-state index contributed by atoms with van der Waals surface area (Å²) in [6.45, 7) is 0.942. The molecular weight excluding hydrogens is 198 g/mol. The zero-order chi connectivity index (χ0) is 9.10. The van der Waals surface area contributed by atoms with E-state index in [1.54, 1.807) is 11.3 Å². The van der Waals surface area contributed by atoms with Crippen LogP contribution in [0, 0.1) is 0 Å². The Morgan fingerprint density at radius 3 is 2.62 bits per heavy atom. The molecule has 66 valence electrons. The van der Waals surface area contributed by atoms with E-state index in [0.29, 0.717) is 0 Å². The quantitative estimate of drug-likeness (QED) is 0.570. The maximum Gasteiger partial charge on any atom is 0.224 e. The second-order valence-electron chi connectivity index (χ2n) is 2.87. The third-order valence-corrected chi connectivity index (χ3v) is 2.80. The van der Waals surface area contributed by atoms with Gasteiger partial charge < -0.3 is 0 Å². The molecule has 2 aromatic rings. The molecule has 1 nitrogen and oxygen atoms in total. The second kappa shape index (κ2) is 3.94. The van der Waals surface area contributed by atoms with Crippen molar-refractivity contribution in [2.24, 2.45) is 0 Å². The monoisotopic (exact) mass is 208 g/mol. The summed E-state index contributed by atoms with van der Waals surface area (Å²) >= 11 is 5.95. The van der Waals surface area contributed by atoms with E-state index in [9.17, 15) is 0 Å². The highest BCUT2D eigenvalue weighted by molar-refractivity contribution is 7.80. The first-order chi connectivity index (χ1) is 6.34. The molecule has 0 spiro atoms. The summed E-state index contributed by atoms with van der Waals surface area (Å²) in [7, 11) is 0. The average Bonchev–Trinajstić information content (AvgIpc) is 2.62. The molecule has 0 bridgehead atoms. The van der Waals surface area contributed by atoms with Gasteiger partial charge in [-0.2, -0.15) is 4.57 Å². The molecule has 1 aromatic carbocycles. The zero-order valence-corrected chi connectivity index (χ0v) is 8.76. The van der Waals surface area contributed by atoms with Crippen molar-refractivity contribution in [3.05, 3.63) is 46.9 Å². The summed E-state index contributed by atoms with van der Waals surface area (Å²) in [5, 5.41) is 2.08. The normalized spacial score (nSPS) is 10.2. The lowest BCUT2D eigenvalue weighted by atomic mass is 10.2. The van der Waals surface area contributed by atoms with Crippen molar-refractivity contribution in [1.29, 1.82) is 0 Å². The Hall–Kier alpha value is -0.800. The molecule has 0 fully saturated rings. The molecule has 0 unspecified atom stereocenters. The number of hydrogen-bond donors (Lipinski definition) is 1. The molecule has 2 rings (SSSR count). The first kappa shape index (κ1) is 8.78. The topological polar surface area (TPSA) is 3.88 Å². The number of rotatable bonds is 2. The molecule has 0 aliphatic heterocycles. The lowest BCUT2D eigenvalue weighted by Crippen LogP contribution is -2.30. The summed E-state index contributed by atoms with van der Waals surface area (Å²) in [6, 6.07) is 8.25. The lowest BCUT2D eigenvalue weighted by molar-refractivity contribution is -0.683. The molecular formula is C10H10NS2+. The Kier molecular flexibility index (Phi) is 2.66. The fraction of sp³-hybridized carbons (Fsp3) is 0.100. The van der Waals surface area contributed by atoms with Crippen LogP contribution >= 0.6 is 24.0 Å². The van der Waals surface area contributed by atoms with E-state index in [1.165, 1.54) is 5.56 Å². The van der Waals surface area contributed by atoms with Crippen LogP contribution < -0.4 is 4.57 Å². The van der Waals surface area contributed by atoms with Gasteiger partial charge in [-0.1, -0.05) is 23.5 Å². The third-order valence-electron chi connectivity index (χ3n) is 1.83. The van der Waals surface area contributed by atoms with Gasteiger partial charge in [0.25, 0.3) is 0 Å². The van der Waals surface area contributed by atoms with Gasteiger partial charge in [-0.15, -0.1) is 12.6 Å².